The Morgan fingerprint density at radius 1 is 1.15 bits per heavy atom. The number of methoxy groups -OCH3 is 1. The van der Waals surface area contributed by atoms with Gasteiger partial charge in [-0.2, -0.15) is 0 Å². The van der Waals surface area contributed by atoms with Crippen LogP contribution in [0.4, 0.5) is 11.4 Å². The van der Waals surface area contributed by atoms with Crippen molar-refractivity contribution in [3.63, 3.8) is 0 Å². The van der Waals surface area contributed by atoms with Gasteiger partial charge in [-0.05, 0) is 41.1 Å². The molecule has 0 aromatic heterocycles. The number of benzene rings is 3. The summed E-state index contributed by atoms with van der Waals surface area (Å²) in [6.07, 6.45) is 0. The molecule has 0 saturated carbocycles. The van der Waals surface area contributed by atoms with E-state index in [1.807, 2.05) is 54.6 Å². The number of hydrogen-bond acceptors (Lipinski definition) is 4. The molecular formula is C21H20BrN3O2. The van der Waals surface area contributed by atoms with Crippen molar-refractivity contribution in [1.29, 1.82) is 0 Å². The number of rotatable bonds is 3. The van der Waals surface area contributed by atoms with Crippen LogP contribution in [0.5, 0.6) is 5.75 Å². The lowest BCUT2D eigenvalue weighted by Gasteiger charge is -2.26. The molecule has 3 N–H and O–H groups in total. The Kier molecular flexibility index (Phi) is 4.76. The molecule has 0 aliphatic carbocycles. The fourth-order valence-corrected chi connectivity index (χ4v) is 4.02. The molecule has 4 rings (SSSR count). The summed E-state index contributed by atoms with van der Waals surface area (Å²) < 4.78 is 6.62. The minimum Gasteiger partial charge on any atom is -0.496 e. The molecule has 3 aromatic rings. The van der Waals surface area contributed by atoms with Crippen molar-refractivity contribution in [2.75, 3.05) is 23.9 Å². The standard InChI is InChI=1S/C21H20BrN3O2/c1-27-20-10-9-14-13(5-4-6-16(14)22)15(20)12-25-19-8-3-2-7-18(19)24-11-17(23)21(25)26/h2-10,17,24H,11-12,23H2,1H3/t17-/m0/s1. The number of carbonyl (C=O) groups excluding carboxylic acids is 1. The van der Waals surface area contributed by atoms with Crippen molar-refractivity contribution in [2.24, 2.45) is 5.73 Å². The van der Waals surface area contributed by atoms with E-state index in [0.717, 1.165) is 37.9 Å². The maximum atomic E-state index is 13.0. The highest BCUT2D eigenvalue weighted by molar-refractivity contribution is 9.10. The van der Waals surface area contributed by atoms with E-state index in [2.05, 4.69) is 21.2 Å². The first-order valence-corrected chi connectivity index (χ1v) is 9.53. The number of hydrogen-bond donors (Lipinski definition) is 2. The van der Waals surface area contributed by atoms with E-state index in [9.17, 15) is 4.79 Å². The summed E-state index contributed by atoms with van der Waals surface area (Å²) in [5.41, 5.74) is 8.79. The predicted molar refractivity (Wildman–Crippen MR) is 112 cm³/mol. The molecule has 1 amide bonds. The average Bonchev–Trinajstić information content (AvgIpc) is 2.81. The first-order chi connectivity index (χ1) is 13.1. The van der Waals surface area contributed by atoms with Gasteiger partial charge in [-0.15, -0.1) is 0 Å². The van der Waals surface area contributed by atoms with Crippen molar-refractivity contribution in [3.05, 3.63) is 64.6 Å². The number of nitrogens with zero attached hydrogens (tertiary/aromatic N) is 1. The highest BCUT2D eigenvalue weighted by atomic mass is 79.9. The van der Waals surface area contributed by atoms with Crippen LogP contribution in [0.3, 0.4) is 0 Å². The third kappa shape index (κ3) is 3.15. The van der Waals surface area contributed by atoms with Gasteiger partial charge in [-0.25, -0.2) is 0 Å². The maximum absolute atomic E-state index is 13.0. The van der Waals surface area contributed by atoms with Gasteiger partial charge in [0.1, 0.15) is 11.8 Å². The fourth-order valence-electron chi connectivity index (χ4n) is 3.52. The Balaban J connectivity index is 1.88. The van der Waals surface area contributed by atoms with Crippen molar-refractivity contribution in [3.8, 4) is 5.75 Å². The normalized spacial score (nSPS) is 16.6. The second kappa shape index (κ2) is 7.21. The smallest absolute Gasteiger partial charge is 0.246 e. The van der Waals surface area contributed by atoms with Crippen LogP contribution in [0.25, 0.3) is 10.8 Å². The lowest BCUT2D eigenvalue weighted by Crippen LogP contribution is -2.45. The molecule has 27 heavy (non-hydrogen) atoms. The van der Waals surface area contributed by atoms with Gasteiger partial charge >= 0.3 is 0 Å². The van der Waals surface area contributed by atoms with Crippen molar-refractivity contribution in [2.45, 2.75) is 12.6 Å². The summed E-state index contributed by atoms with van der Waals surface area (Å²) >= 11 is 3.61. The molecule has 1 aliphatic heterocycles. The molecule has 0 bridgehead atoms. The van der Waals surface area contributed by atoms with Gasteiger partial charge in [0.2, 0.25) is 5.91 Å². The van der Waals surface area contributed by atoms with E-state index in [1.54, 1.807) is 12.0 Å². The molecule has 1 aliphatic rings. The monoisotopic (exact) mass is 425 g/mol. The number of para-hydroxylation sites is 2. The van der Waals surface area contributed by atoms with Crippen LogP contribution in [0.15, 0.2) is 59.1 Å². The molecule has 0 fully saturated rings. The van der Waals surface area contributed by atoms with Crippen LogP contribution >= 0.6 is 15.9 Å². The predicted octanol–water partition coefficient (Wildman–Crippen LogP) is 3.90. The first kappa shape index (κ1) is 17.8. The number of nitrogens with two attached hydrogens (primary N) is 1. The Bertz CT molecular complexity index is 1020. The summed E-state index contributed by atoms with van der Waals surface area (Å²) in [5, 5.41) is 5.39. The van der Waals surface area contributed by atoms with E-state index < -0.39 is 6.04 Å². The molecule has 0 saturated heterocycles. The number of ether oxygens (including phenoxy) is 1. The van der Waals surface area contributed by atoms with Crippen LogP contribution in [-0.2, 0) is 11.3 Å². The van der Waals surface area contributed by atoms with Gasteiger partial charge < -0.3 is 20.7 Å². The van der Waals surface area contributed by atoms with E-state index in [4.69, 9.17) is 10.5 Å². The molecule has 0 spiro atoms. The van der Waals surface area contributed by atoms with Crippen molar-refractivity contribution < 1.29 is 9.53 Å². The van der Waals surface area contributed by atoms with Crippen LogP contribution in [-0.4, -0.2) is 25.6 Å². The summed E-state index contributed by atoms with van der Waals surface area (Å²) in [6.45, 7) is 0.784. The molecule has 138 valence electrons. The molecule has 6 heteroatoms. The lowest BCUT2D eigenvalue weighted by atomic mass is 10.0. The number of nitrogens with one attached hydrogen (secondary N) is 1. The van der Waals surface area contributed by atoms with Crippen molar-refractivity contribution in [1.82, 2.24) is 0 Å². The molecule has 1 atom stereocenters. The minimum absolute atomic E-state index is 0.110. The lowest BCUT2D eigenvalue weighted by molar-refractivity contribution is -0.119. The third-order valence-corrected chi connectivity index (χ3v) is 5.59. The zero-order chi connectivity index (χ0) is 19.0. The highest BCUT2D eigenvalue weighted by Gasteiger charge is 2.29. The molecule has 5 nitrogen and oxygen atoms in total. The average molecular weight is 426 g/mol. The van der Waals surface area contributed by atoms with E-state index >= 15 is 0 Å². The van der Waals surface area contributed by atoms with Gasteiger partial charge in [0.05, 0.1) is 25.0 Å². The van der Waals surface area contributed by atoms with Gasteiger partial charge in [-0.3, -0.25) is 4.79 Å². The SMILES string of the molecule is COc1ccc2c(Br)cccc2c1CN1C(=O)[C@@H](N)CNc2ccccc21. The quantitative estimate of drug-likeness (QED) is 0.667. The number of anilines is 2. The van der Waals surface area contributed by atoms with Crippen LogP contribution in [0.2, 0.25) is 0 Å². The Morgan fingerprint density at radius 2 is 1.96 bits per heavy atom. The third-order valence-electron chi connectivity index (χ3n) is 4.90. The Labute approximate surface area is 166 Å². The summed E-state index contributed by atoms with van der Waals surface area (Å²) in [5.74, 6) is 0.637. The molecule has 1 heterocycles. The van der Waals surface area contributed by atoms with E-state index in [-0.39, 0.29) is 5.91 Å². The van der Waals surface area contributed by atoms with Crippen LogP contribution in [0.1, 0.15) is 5.56 Å². The fraction of sp³-hybridized carbons (Fsp3) is 0.190. The van der Waals surface area contributed by atoms with Crippen molar-refractivity contribution >= 4 is 44.0 Å². The van der Waals surface area contributed by atoms with E-state index in [1.165, 1.54) is 0 Å². The summed E-state index contributed by atoms with van der Waals surface area (Å²) in [4.78, 5) is 14.8. The Hall–Kier alpha value is -2.57. The molecular weight excluding hydrogens is 406 g/mol. The Morgan fingerprint density at radius 3 is 2.78 bits per heavy atom. The van der Waals surface area contributed by atoms with Gasteiger partial charge in [-0.1, -0.05) is 40.2 Å². The summed E-state index contributed by atoms with van der Waals surface area (Å²) in [7, 11) is 1.65. The van der Waals surface area contributed by atoms with Crippen LogP contribution < -0.4 is 20.7 Å². The molecule has 0 unspecified atom stereocenters. The van der Waals surface area contributed by atoms with Gasteiger partial charge in [0, 0.05) is 16.6 Å². The molecule has 3 aromatic carbocycles. The highest BCUT2D eigenvalue weighted by Crippen LogP contribution is 2.36. The topological polar surface area (TPSA) is 67.6 Å². The maximum Gasteiger partial charge on any atom is 0.246 e. The summed E-state index contributed by atoms with van der Waals surface area (Å²) in [6, 6.07) is 17.2. The minimum atomic E-state index is -0.606. The number of fused-ring (bicyclic) bond motifs is 2. The zero-order valence-electron chi connectivity index (χ0n) is 14.9. The van der Waals surface area contributed by atoms with Gasteiger partial charge in [0.25, 0.3) is 0 Å². The van der Waals surface area contributed by atoms with E-state index in [0.29, 0.717) is 13.1 Å². The van der Waals surface area contributed by atoms with Crippen LogP contribution in [0, 0.1) is 0 Å². The molecule has 0 radical (unpaired) electrons. The largest absolute Gasteiger partial charge is 0.496 e. The second-order valence-corrected chi connectivity index (χ2v) is 7.36. The number of amides is 1. The first-order valence-electron chi connectivity index (χ1n) is 8.74. The van der Waals surface area contributed by atoms with Gasteiger partial charge in [0.15, 0.2) is 0 Å². The number of carbonyl (C=O) groups is 1. The number of halogens is 1. The second-order valence-electron chi connectivity index (χ2n) is 6.51. The zero-order valence-corrected chi connectivity index (χ0v) is 16.5.